The summed E-state index contributed by atoms with van der Waals surface area (Å²) < 4.78 is 26.0. The summed E-state index contributed by atoms with van der Waals surface area (Å²) >= 11 is 10.0. The summed E-state index contributed by atoms with van der Waals surface area (Å²) in [5.74, 6) is 8.29. The Morgan fingerprint density at radius 2 is 1.66 bits per heavy atom. The molecule has 0 aliphatic carbocycles. The fourth-order valence-electron chi connectivity index (χ4n) is 8.21. The average Bonchev–Trinajstić information content (AvgIpc) is 3.71. The molecule has 59 heavy (non-hydrogen) atoms. The van der Waals surface area contributed by atoms with Crippen molar-refractivity contribution in [2.75, 3.05) is 127 Å². The Morgan fingerprint density at radius 3 is 2.37 bits per heavy atom. The van der Waals surface area contributed by atoms with E-state index in [1.54, 1.807) is 11.1 Å². The van der Waals surface area contributed by atoms with E-state index in [1.165, 1.54) is 24.8 Å². The molecule has 2 unspecified atom stereocenters. The number of hydrogen-bond donors (Lipinski definition) is 3. The average molecular weight is 974 g/mol. The van der Waals surface area contributed by atoms with Crippen molar-refractivity contribution in [3.8, 4) is 0 Å². The number of alkyl halides is 1. The Morgan fingerprint density at radius 1 is 0.966 bits per heavy atom. The van der Waals surface area contributed by atoms with Crippen LogP contribution in [0, 0.1) is 5.92 Å². The first kappa shape index (κ1) is 48.3. The molecule has 4 aliphatic heterocycles. The summed E-state index contributed by atoms with van der Waals surface area (Å²) in [5.41, 5.74) is 2.45. The fourth-order valence-corrected chi connectivity index (χ4v) is 9.09. The molecular weight excluding hydrogens is 905 g/mol. The summed E-state index contributed by atoms with van der Waals surface area (Å²) in [6.07, 6.45) is 12.5. The number of likely N-dealkylation sites (tertiary alicyclic amines) is 2. The number of anilines is 1. The van der Waals surface area contributed by atoms with Gasteiger partial charge in [0.1, 0.15) is 11.7 Å². The highest BCUT2D eigenvalue weighted by Gasteiger charge is 2.33. The molecule has 4 aliphatic rings. The van der Waals surface area contributed by atoms with Gasteiger partial charge in [-0.15, -0.1) is 0 Å². The maximum absolute atomic E-state index is 14.0. The van der Waals surface area contributed by atoms with Gasteiger partial charge in [-0.1, -0.05) is 53.1 Å². The van der Waals surface area contributed by atoms with Crippen molar-refractivity contribution in [3.05, 3.63) is 52.5 Å². The number of aliphatic imine (C=N–C) groups is 1. The molecule has 3 saturated heterocycles. The molecule has 1 aromatic rings. The number of nitrogens with zero attached hydrogens (tertiary/aromatic N) is 6. The molecule has 1 amide bonds. The highest BCUT2D eigenvalue weighted by atomic mass is 127. The molecular formula is C42H69ClIN9O5S. The Kier molecular flexibility index (Phi) is 21.9. The van der Waals surface area contributed by atoms with E-state index in [2.05, 4.69) is 67.3 Å². The molecule has 14 nitrogen and oxygen atoms in total. The van der Waals surface area contributed by atoms with E-state index in [-0.39, 0.29) is 17.9 Å². The van der Waals surface area contributed by atoms with Gasteiger partial charge in [0.25, 0.3) is 5.91 Å². The van der Waals surface area contributed by atoms with E-state index >= 15 is 0 Å². The highest BCUT2D eigenvalue weighted by molar-refractivity contribution is 14.1. The van der Waals surface area contributed by atoms with Crippen molar-refractivity contribution >= 4 is 63.6 Å². The molecule has 4 heterocycles. The summed E-state index contributed by atoms with van der Waals surface area (Å²) in [7, 11) is 0. The van der Waals surface area contributed by atoms with Crippen molar-refractivity contribution in [2.45, 2.75) is 64.5 Å². The van der Waals surface area contributed by atoms with Crippen LogP contribution in [-0.4, -0.2) is 171 Å². The normalized spacial score (nSPS) is 21.9. The lowest BCUT2D eigenvalue weighted by molar-refractivity contribution is -0.00109. The molecule has 332 valence electrons. The van der Waals surface area contributed by atoms with Gasteiger partial charge in [0, 0.05) is 87.5 Å². The summed E-state index contributed by atoms with van der Waals surface area (Å²) in [5, 5.41) is 6.01. The van der Waals surface area contributed by atoms with Gasteiger partial charge < -0.3 is 43.7 Å². The van der Waals surface area contributed by atoms with Crippen LogP contribution >= 0.6 is 46.1 Å². The Bertz CT molecular complexity index is 1520. The van der Waals surface area contributed by atoms with Crippen LogP contribution in [0.3, 0.4) is 0 Å². The van der Waals surface area contributed by atoms with Crippen LogP contribution in [0.25, 0.3) is 0 Å². The number of unbranched alkanes of at least 4 members (excludes halogenated alkanes) is 1. The van der Waals surface area contributed by atoms with Crippen molar-refractivity contribution in [3.63, 3.8) is 0 Å². The Balaban J connectivity index is 0.978. The summed E-state index contributed by atoms with van der Waals surface area (Å²) in [6.45, 7) is 18.9. The zero-order valence-corrected chi connectivity index (χ0v) is 39.3. The molecule has 17 heteroatoms. The molecule has 0 aromatic heterocycles. The fraction of sp³-hybridized carbons (Fsp3) is 0.714. The number of amidine groups is 1. The predicted molar refractivity (Wildman–Crippen MR) is 249 cm³/mol. The topological polar surface area (TPSA) is 133 Å². The number of piperidine rings is 1. The van der Waals surface area contributed by atoms with E-state index in [0.717, 1.165) is 114 Å². The smallest absolute Gasteiger partial charge is 0.256 e. The van der Waals surface area contributed by atoms with Crippen molar-refractivity contribution in [2.24, 2.45) is 16.8 Å². The second-order valence-electron chi connectivity index (χ2n) is 15.7. The lowest BCUT2D eigenvalue weighted by Crippen LogP contribution is -2.47. The Hall–Kier alpha value is -1.71. The number of hydrogen-bond acceptors (Lipinski definition) is 14. The van der Waals surface area contributed by atoms with E-state index < -0.39 is 0 Å². The second kappa shape index (κ2) is 26.7. The van der Waals surface area contributed by atoms with Crippen LogP contribution in [0.2, 0.25) is 5.02 Å². The minimum absolute atomic E-state index is 0.00367. The minimum atomic E-state index is 0.00367. The highest BCUT2D eigenvalue weighted by Crippen LogP contribution is 2.31. The van der Waals surface area contributed by atoms with Crippen LogP contribution in [0.15, 0.2) is 46.9 Å². The van der Waals surface area contributed by atoms with Gasteiger partial charge in [-0.2, -0.15) is 0 Å². The third-order valence-corrected chi connectivity index (χ3v) is 12.6. The first-order valence-corrected chi connectivity index (χ1v) is 24.6. The molecule has 0 radical (unpaired) electrons. The number of nitrogens with two attached hydrogens (primary N) is 1. The van der Waals surface area contributed by atoms with E-state index in [1.807, 2.05) is 29.5 Å². The molecule has 4 N–H and O–H groups in total. The molecule has 3 atom stereocenters. The standard InChI is InChI=1S/C42H69ClIN9O5S/c1-33(39-8-4-6-14-52(39)42(54)37-29-35(43)9-10-38(37)48-59-3)28-40-47-41(34(2)30-53(40)45)51-15-11-36(31-51)46-12-5-7-13-49-16-18-50(19-17-49)20-21-55-22-23-56-24-25-57-26-27-58-32-44/h9-10,28-30,33,36,39,46,48H,4-8,11-27,31-32,45H2,1-3H3/b40-28-/t33?,36-,39?/m0/s1. The number of halogens is 2. The zero-order valence-electron chi connectivity index (χ0n) is 35.6. The van der Waals surface area contributed by atoms with Crippen LogP contribution < -0.4 is 15.9 Å². The predicted octanol–water partition coefficient (Wildman–Crippen LogP) is 5.51. The summed E-state index contributed by atoms with van der Waals surface area (Å²) in [6, 6.07) is 5.93. The molecule has 3 fully saturated rings. The molecule has 0 bridgehead atoms. The third-order valence-electron chi connectivity index (χ3n) is 11.5. The maximum atomic E-state index is 14.0. The van der Waals surface area contributed by atoms with E-state index in [0.29, 0.717) is 67.4 Å². The van der Waals surface area contributed by atoms with Gasteiger partial charge in [0.15, 0.2) is 0 Å². The number of carbonyl (C=O) groups excluding carboxylic acids is 1. The van der Waals surface area contributed by atoms with E-state index in [9.17, 15) is 4.79 Å². The maximum Gasteiger partial charge on any atom is 0.256 e. The van der Waals surface area contributed by atoms with Crippen molar-refractivity contribution < 1.29 is 23.7 Å². The van der Waals surface area contributed by atoms with Crippen LogP contribution in [0.4, 0.5) is 5.69 Å². The number of rotatable bonds is 24. The van der Waals surface area contributed by atoms with E-state index in [4.69, 9.17) is 41.4 Å². The Labute approximate surface area is 376 Å². The van der Waals surface area contributed by atoms with Crippen molar-refractivity contribution in [1.82, 2.24) is 29.9 Å². The largest absolute Gasteiger partial charge is 0.378 e. The van der Waals surface area contributed by atoms with Gasteiger partial charge in [0.05, 0.1) is 62.1 Å². The van der Waals surface area contributed by atoms with Crippen LogP contribution in [-0.2, 0) is 18.9 Å². The number of ether oxygens (including phenoxy) is 4. The third kappa shape index (κ3) is 15.9. The van der Waals surface area contributed by atoms with Gasteiger partial charge in [0.2, 0.25) is 0 Å². The molecule has 1 aromatic carbocycles. The van der Waals surface area contributed by atoms with Crippen LogP contribution in [0.1, 0.15) is 62.7 Å². The van der Waals surface area contributed by atoms with Gasteiger partial charge in [-0.25, -0.2) is 10.8 Å². The molecule has 5 rings (SSSR count). The lowest BCUT2D eigenvalue weighted by atomic mass is 9.90. The number of hydrazine groups is 1. The number of amides is 1. The summed E-state index contributed by atoms with van der Waals surface area (Å²) in [4.78, 5) is 28.7. The SMILES string of the molecule is CSNc1ccc(Cl)cc1C(=O)N1CCCCC1C(C)/C=C1/N=C(N2CC[C@H](NCCCCN3CCN(CCOCCOCCOCCOCI)CC3)C2)C(C)=CN1N. The van der Waals surface area contributed by atoms with Gasteiger partial charge in [-0.05, 0) is 88.7 Å². The monoisotopic (exact) mass is 973 g/mol. The number of carbonyl (C=O) groups is 1. The number of nitrogens with one attached hydrogen (secondary N) is 2. The van der Waals surface area contributed by atoms with Gasteiger partial charge in [-0.3, -0.25) is 14.7 Å². The minimum Gasteiger partial charge on any atom is -0.378 e. The second-order valence-corrected chi connectivity index (χ2v) is 17.4. The first-order valence-electron chi connectivity index (χ1n) is 21.5. The van der Waals surface area contributed by atoms with Gasteiger partial charge >= 0.3 is 0 Å². The number of benzene rings is 1. The van der Waals surface area contributed by atoms with Crippen LogP contribution in [0.5, 0.6) is 0 Å². The molecule has 0 spiro atoms. The first-order chi connectivity index (χ1) is 28.8. The molecule has 0 saturated carbocycles. The lowest BCUT2D eigenvalue weighted by Gasteiger charge is -2.39. The quantitative estimate of drug-likeness (QED) is 0.0396. The van der Waals surface area contributed by atoms with Crippen molar-refractivity contribution in [1.29, 1.82) is 0 Å². The number of piperazine rings is 1. The zero-order chi connectivity index (χ0) is 41.8.